The zero-order valence-corrected chi connectivity index (χ0v) is 13.9. The maximum atomic E-state index is 11.3. The molecule has 2 rings (SSSR count). The molecule has 0 aliphatic carbocycles. The predicted molar refractivity (Wildman–Crippen MR) is 85.8 cm³/mol. The van der Waals surface area contributed by atoms with E-state index in [2.05, 4.69) is 29.2 Å². The molecule has 21 heavy (non-hydrogen) atoms. The third-order valence-electron chi connectivity index (χ3n) is 3.86. The molecule has 0 amide bonds. The molecule has 1 aliphatic heterocycles. The lowest BCUT2D eigenvalue weighted by molar-refractivity contribution is -0.143. The average molecular weight is 311 g/mol. The van der Waals surface area contributed by atoms with Crippen LogP contribution in [0.5, 0.6) is 0 Å². The molecule has 2 heterocycles. The Hall–Kier alpha value is -1.14. The number of likely N-dealkylation sites (tertiary alicyclic amines) is 1. The summed E-state index contributed by atoms with van der Waals surface area (Å²) in [6.45, 7) is 6.80. The monoisotopic (exact) mass is 311 g/mol. The molecule has 1 aromatic rings. The molecule has 6 heteroatoms. The number of ether oxygens (including phenoxy) is 1. The van der Waals surface area contributed by atoms with Crippen molar-refractivity contribution in [1.82, 2.24) is 9.88 Å². The van der Waals surface area contributed by atoms with Gasteiger partial charge in [0.2, 0.25) is 0 Å². The van der Waals surface area contributed by atoms with Crippen molar-refractivity contribution in [2.24, 2.45) is 5.92 Å². The molecule has 1 N–H and O–H groups in total. The maximum absolute atomic E-state index is 11.3. The third-order valence-corrected chi connectivity index (χ3v) is 4.68. The molecule has 2 atom stereocenters. The van der Waals surface area contributed by atoms with Gasteiger partial charge < -0.3 is 15.0 Å². The summed E-state index contributed by atoms with van der Waals surface area (Å²) in [5, 5.41) is 6.55. The number of aromatic nitrogens is 1. The number of aryl methyl sites for hydroxylation is 1. The SMILES string of the molecule is CCOC(=O)CCc1csc(NC2CCN(C)CC2C)n1. The molecule has 2 unspecified atom stereocenters. The van der Waals surface area contributed by atoms with E-state index >= 15 is 0 Å². The largest absolute Gasteiger partial charge is 0.466 e. The van der Waals surface area contributed by atoms with Gasteiger partial charge in [-0.3, -0.25) is 4.79 Å². The Morgan fingerprint density at radius 2 is 2.43 bits per heavy atom. The zero-order chi connectivity index (χ0) is 15.2. The second kappa shape index (κ2) is 7.75. The van der Waals surface area contributed by atoms with Gasteiger partial charge in [0.25, 0.3) is 0 Å². The van der Waals surface area contributed by atoms with E-state index in [-0.39, 0.29) is 5.97 Å². The van der Waals surface area contributed by atoms with Crippen LogP contribution in [0.2, 0.25) is 0 Å². The smallest absolute Gasteiger partial charge is 0.306 e. The summed E-state index contributed by atoms with van der Waals surface area (Å²) in [5.74, 6) is 0.472. The number of hydrogen-bond donors (Lipinski definition) is 1. The van der Waals surface area contributed by atoms with Crippen molar-refractivity contribution < 1.29 is 9.53 Å². The lowest BCUT2D eigenvalue weighted by Gasteiger charge is -2.35. The van der Waals surface area contributed by atoms with Crippen LogP contribution in [0.3, 0.4) is 0 Å². The van der Waals surface area contributed by atoms with Crippen molar-refractivity contribution in [2.75, 3.05) is 32.1 Å². The Bertz CT molecular complexity index is 464. The molecule has 1 fully saturated rings. The van der Waals surface area contributed by atoms with Crippen LogP contribution in [0.1, 0.15) is 32.4 Å². The highest BCUT2D eigenvalue weighted by molar-refractivity contribution is 7.13. The minimum absolute atomic E-state index is 0.149. The second-order valence-corrected chi connectivity index (χ2v) is 6.59. The van der Waals surface area contributed by atoms with E-state index in [1.54, 1.807) is 11.3 Å². The first-order valence-corrected chi connectivity index (χ1v) is 8.51. The van der Waals surface area contributed by atoms with E-state index in [4.69, 9.17) is 4.74 Å². The molecule has 1 saturated heterocycles. The predicted octanol–water partition coefficient (Wildman–Crippen LogP) is 2.39. The van der Waals surface area contributed by atoms with E-state index < -0.39 is 0 Å². The number of esters is 1. The van der Waals surface area contributed by atoms with Gasteiger partial charge in [0.1, 0.15) is 0 Å². The normalized spacial score (nSPS) is 23.0. The Morgan fingerprint density at radius 3 is 3.14 bits per heavy atom. The maximum Gasteiger partial charge on any atom is 0.306 e. The van der Waals surface area contributed by atoms with Crippen LogP contribution < -0.4 is 5.32 Å². The highest BCUT2D eigenvalue weighted by Crippen LogP contribution is 2.23. The number of carbonyl (C=O) groups excluding carboxylic acids is 1. The average Bonchev–Trinajstić information content (AvgIpc) is 2.88. The number of anilines is 1. The van der Waals surface area contributed by atoms with Gasteiger partial charge in [-0.1, -0.05) is 6.92 Å². The van der Waals surface area contributed by atoms with Gasteiger partial charge in [-0.05, 0) is 32.9 Å². The van der Waals surface area contributed by atoms with Crippen LogP contribution >= 0.6 is 11.3 Å². The van der Waals surface area contributed by atoms with E-state index in [1.165, 1.54) is 0 Å². The van der Waals surface area contributed by atoms with Gasteiger partial charge in [-0.2, -0.15) is 0 Å². The fourth-order valence-corrected chi connectivity index (χ4v) is 3.49. The lowest BCUT2D eigenvalue weighted by atomic mass is 9.94. The number of rotatable bonds is 6. The van der Waals surface area contributed by atoms with E-state index in [1.807, 2.05) is 12.3 Å². The van der Waals surface area contributed by atoms with Crippen LogP contribution in [0.15, 0.2) is 5.38 Å². The Labute approximate surface area is 130 Å². The fraction of sp³-hybridized carbons (Fsp3) is 0.733. The minimum Gasteiger partial charge on any atom is -0.466 e. The Morgan fingerprint density at radius 1 is 1.62 bits per heavy atom. The van der Waals surface area contributed by atoms with Crippen LogP contribution in [0, 0.1) is 5.92 Å². The van der Waals surface area contributed by atoms with E-state index in [0.717, 1.165) is 30.3 Å². The highest BCUT2D eigenvalue weighted by atomic mass is 32.1. The van der Waals surface area contributed by atoms with Gasteiger partial charge in [-0.15, -0.1) is 11.3 Å². The summed E-state index contributed by atoms with van der Waals surface area (Å²) in [7, 11) is 2.17. The van der Waals surface area contributed by atoms with Crippen LogP contribution in [-0.4, -0.2) is 48.6 Å². The molecule has 0 aromatic carbocycles. The molecule has 0 spiro atoms. The van der Waals surface area contributed by atoms with Gasteiger partial charge in [-0.25, -0.2) is 4.98 Å². The molecule has 0 saturated carbocycles. The Kier molecular flexibility index (Phi) is 5.99. The summed E-state index contributed by atoms with van der Waals surface area (Å²) in [6.07, 6.45) is 2.21. The van der Waals surface area contributed by atoms with Crippen molar-refractivity contribution in [3.63, 3.8) is 0 Å². The summed E-state index contributed by atoms with van der Waals surface area (Å²) in [6, 6.07) is 0.491. The topological polar surface area (TPSA) is 54.5 Å². The van der Waals surface area contributed by atoms with E-state index in [9.17, 15) is 4.79 Å². The van der Waals surface area contributed by atoms with Crippen LogP contribution in [0.4, 0.5) is 5.13 Å². The summed E-state index contributed by atoms with van der Waals surface area (Å²) >= 11 is 1.62. The number of thiazole rings is 1. The molecule has 0 bridgehead atoms. The zero-order valence-electron chi connectivity index (χ0n) is 13.1. The van der Waals surface area contributed by atoms with Gasteiger partial charge in [0, 0.05) is 24.4 Å². The summed E-state index contributed by atoms with van der Waals surface area (Å²) in [4.78, 5) is 18.3. The summed E-state index contributed by atoms with van der Waals surface area (Å²) < 4.78 is 4.93. The first-order chi connectivity index (χ1) is 10.1. The molecular weight excluding hydrogens is 286 g/mol. The van der Waals surface area contributed by atoms with Crippen molar-refractivity contribution in [3.8, 4) is 0 Å². The number of carbonyl (C=O) groups is 1. The molecule has 1 aliphatic rings. The van der Waals surface area contributed by atoms with Crippen LogP contribution in [0.25, 0.3) is 0 Å². The number of piperidine rings is 1. The number of nitrogens with zero attached hydrogens (tertiary/aromatic N) is 2. The number of hydrogen-bond acceptors (Lipinski definition) is 6. The minimum atomic E-state index is -0.149. The summed E-state index contributed by atoms with van der Waals surface area (Å²) in [5.41, 5.74) is 0.969. The van der Waals surface area contributed by atoms with Crippen molar-refractivity contribution >= 4 is 22.4 Å². The molecule has 118 valence electrons. The van der Waals surface area contributed by atoms with Crippen molar-refractivity contribution in [1.29, 1.82) is 0 Å². The molecule has 5 nitrogen and oxygen atoms in total. The van der Waals surface area contributed by atoms with Gasteiger partial charge in [0.15, 0.2) is 5.13 Å². The first kappa shape index (κ1) is 16.2. The van der Waals surface area contributed by atoms with Gasteiger partial charge in [0.05, 0.1) is 18.7 Å². The highest BCUT2D eigenvalue weighted by Gasteiger charge is 2.24. The van der Waals surface area contributed by atoms with Crippen molar-refractivity contribution in [2.45, 2.75) is 39.2 Å². The van der Waals surface area contributed by atoms with Gasteiger partial charge >= 0.3 is 5.97 Å². The lowest BCUT2D eigenvalue weighted by Crippen LogP contribution is -2.43. The Balaban J connectivity index is 1.81. The quantitative estimate of drug-likeness (QED) is 0.818. The van der Waals surface area contributed by atoms with Crippen molar-refractivity contribution in [3.05, 3.63) is 11.1 Å². The standard InChI is InChI=1S/C15H25N3O2S/c1-4-20-14(19)6-5-12-10-21-15(16-12)17-13-7-8-18(3)9-11(13)2/h10-11,13H,4-9H2,1-3H3,(H,16,17). The number of nitrogens with one attached hydrogen (secondary N) is 1. The molecular formula is C15H25N3O2S. The second-order valence-electron chi connectivity index (χ2n) is 5.73. The third kappa shape index (κ3) is 4.97. The first-order valence-electron chi connectivity index (χ1n) is 7.63. The molecule has 0 radical (unpaired) electrons. The molecule has 1 aromatic heterocycles. The van der Waals surface area contributed by atoms with E-state index in [0.29, 0.717) is 31.4 Å². The van der Waals surface area contributed by atoms with Crippen LogP contribution in [-0.2, 0) is 16.0 Å². The fourth-order valence-electron chi connectivity index (χ4n) is 2.68.